The first-order valence-corrected chi connectivity index (χ1v) is 17.6. The summed E-state index contributed by atoms with van der Waals surface area (Å²) in [5.74, 6) is 2.02. The number of anilines is 2. The largest absolute Gasteiger partial charge is 0.397 e. The van der Waals surface area contributed by atoms with Gasteiger partial charge in [0.15, 0.2) is 0 Å². The molecule has 10 nitrogen and oxygen atoms in total. The van der Waals surface area contributed by atoms with Gasteiger partial charge >= 0.3 is 6.03 Å². The third-order valence-corrected chi connectivity index (χ3v) is 11.5. The monoisotopic (exact) mass is 665 g/mol. The summed E-state index contributed by atoms with van der Waals surface area (Å²) in [5, 5.41) is 5.34. The first-order valence-electron chi connectivity index (χ1n) is 16.4. The fraction of sp³-hybridized carbons (Fsp3) is 0.559. The molecular weight excluding hydrogens is 622 g/mol. The Balaban J connectivity index is 1.10. The number of hydrogen-bond donors (Lipinski definition) is 2. The number of carbonyl (C=O) groups excluding carboxylic acids is 3. The fourth-order valence-electron chi connectivity index (χ4n) is 7.39. The quantitative estimate of drug-likeness (QED) is 0.345. The molecule has 2 aromatic rings. The Labute approximate surface area is 280 Å². The van der Waals surface area contributed by atoms with Crippen molar-refractivity contribution < 1.29 is 14.4 Å². The lowest BCUT2D eigenvalue weighted by atomic mass is 9.91. The number of likely N-dealkylation sites (tertiary alicyclic amines) is 2. The molecule has 0 radical (unpaired) electrons. The Morgan fingerprint density at radius 1 is 1.04 bits per heavy atom. The number of rotatable bonds is 7. The van der Waals surface area contributed by atoms with E-state index in [9.17, 15) is 14.4 Å². The Bertz CT molecular complexity index is 1480. The van der Waals surface area contributed by atoms with Gasteiger partial charge in [-0.3, -0.25) is 14.5 Å². The number of nitrogens with one attached hydrogen (secondary N) is 1. The number of nitrogens with zero attached hydrogens (tertiary/aromatic N) is 5. The summed E-state index contributed by atoms with van der Waals surface area (Å²) in [7, 11) is 2.16. The van der Waals surface area contributed by atoms with Gasteiger partial charge in [0.25, 0.3) is 0 Å². The number of piperidine rings is 2. The number of fused-ring (bicyclic) bond motifs is 1. The van der Waals surface area contributed by atoms with Crippen molar-refractivity contribution in [1.82, 2.24) is 24.5 Å². The molecule has 12 heteroatoms. The predicted octanol–water partition coefficient (Wildman–Crippen LogP) is 3.79. The molecule has 3 N–H and O–H groups in total. The molecule has 3 saturated heterocycles. The second kappa shape index (κ2) is 14.2. The molecule has 4 amide bonds. The summed E-state index contributed by atoms with van der Waals surface area (Å²) in [6.07, 6.45) is 9.44. The molecule has 46 heavy (non-hydrogen) atoms. The van der Waals surface area contributed by atoms with E-state index >= 15 is 0 Å². The minimum absolute atomic E-state index is 0.00649. The van der Waals surface area contributed by atoms with Crippen molar-refractivity contribution in [3.63, 3.8) is 0 Å². The van der Waals surface area contributed by atoms with Crippen LogP contribution in [0, 0.1) is 18.3 Å². The standard InChI is InChI=1S/C34H44ClN7O3S/c1-3-24-18-23(20-28(35)32(24)36)19-25(33(44)41-11-4-26(5-12-41)39-15-13-38(2)14-16-39)21-31(43)40-9-6-27(7-10-40)42-22-30-29(8-17-46-30)37-34(42)45/h1,8,17-18,20,25-27H,4-7,9-16,19,21-22,36H2,2H3,(H,37,45)/t25-/m0/s1. The van der Waals surface area contributed by atoms with Crippen LogP contribution in [0.15, 0.2) is 23.6 Å². The van der Waals surface area contributed by atoms with E-state index in [1.54, 1.807) is 23.5 Å². The molecule has 1 aromatic carbocycles. The average molecular weight is 666 g/mol. The van der Waals surface area contributed by atoms with Gasteiger partial charge in [-0.25, -0.2) is 4.79 Å². The molecule has 6 rings (SSSR count). The lowest BCUT2D eigenvalue weighted by Crippen LogP contribution is -2.54. The number of halogens is 1. The van der Waals surface area contributed by atoms with E-state index in [0.29, 0.717) is 74.3 Å². The Morgan fingerprint density at radius 2 is 1.72 bits per heavy atom. The van der Waals surface area contributed by atoms with E-state index in [0.717, 1.165) is 55.1 Å². The Morgan fingerprint density at radius 3 is 2.41 bits per heavy atom. The van der Waals surface area contributed by atoms with Crippen LogP contribution in [-0.2, 0) is 22.6 Å². The molecule has 4 aliphatic heterocycles. The Kier molecular flexibility index (Phi) is 10.1. The molecule has 0 unspecified atom stereocenters. The predicted molar refractivity (Wildman–Crippen MR) is 183 cm³/mol. The highest BCUT2D eigenvalue weighted by Gasteiger charge is 2.36. The normalized spacial score (nSPS) is 21.1. The molecule has 0 saturated carbocycles. The third kappa shape index (κ3) is 7.15. The zero-order valence-electron chi connectivity index (χ0n) is 26.5. The van der Waals surface area contributed by atoms with E-state index in [1.807, 2.05) is 26.1 Å². The van der Waals surface area contributed by atoms with E-state index in [-0.39, 0.29) is 30.3 Å². The van der Waals surface area contributed by atoms with Gasteiger partial charge in [0.2, 0.25) is 11.8 Å². The molecule has 4 aliphatic rings. The van der Waals surface area contributed by atoms with Crippen LogP contribution in [0.4, 0.5) is 16.2 Å². The molecule has 3 fully saturated rings. The SMILES string of the molecule is C#Cc1cc(C[C@@H](CC(=O)N2CCC(N3Cc4sccc4NC3=O)CC2)C(=O)N2CCC(N3CCN(C)CC3)CC2)cc(Cl)c1N. The lowest BCUT2D eigenvalue weighted by molar-refractivity contribution is -0.143. The molecule has 1 atom stereocenters. The molecule has 5 heterocycles. The summed E-state index contributed by atoms with van der Waals surface area (Å²) in [6.45, 7) is 7.36. The van der Waals surface area contributed by atoms with Gasteiger partial charge in [0.1, 0.15) is 0 Å². The number of hydrogen-bond acceptors (Lipinski definition) is 7. The minimum atomic E-state index is -0.541. The molecular formula is C34H44ClN7O3S. The first-order chi connectivity index (χ1) is 22.2. The number of benzene rings is 1. The number of nitrogens with two attached hydrogens (primary N) is 1. The van der Waals surface area contributed by atoms with Gasteiger partial charge in [0, 0.05) is 81.3 Å². The van der Waals surface area contributed by atoms with Crippen LogP contribution >= 0.6 is 22.9 Å². The van der Waals surface area contributed by atoms with E-state index < -0.39 is 5.92 Å². The number of nitrogen functional groups attached to an aromatic ring is 1. The second-order valence-corrected chi connectivity index (χ2v) is 14.5. The van der Waals surface area contributed by atoms with Crippen LogP contribution in [0.2, 0.25) is 5.02 Å². The summed E-state index contributed by atoms with van der Waals surface area (Å²) in [5.41, 5.74) is 8.61. The molecule has 0 aliphatic carbocycles. The number of urea groups is 1. The lowest BCUT2D eigenvalue weighted by Gasteiger charge is -2.42. The zero-order valence-corrected chi connectivity index (χ0v) is 28.1. The van der Waals surface area contributed by atoms with Crippen LogP contribution in [0.1, 0.15) is 48.1 Å². The summed E-state index contributed by atoms with van der Waals surface area (Å²) in [6, 6.07) is 5.98. The number of terminal acetylenes is 1. The van der Waals surface area contributed by atoms with Crippen molar-refractivity contribution in [2.45, 2.75) is 57.2 Å². The number of likely N-dealkylation sites (N-methyl/N-ethyl adjacent to an activating group) is 1. The highest BCUT2D eigenvalue weighted by Crippen LogP contribution is 2.32. The van der Waals surface area contributed by atoms with Crippen molar-refractivity contribution in [3.8, 4) is 12.3 Å². The first kappa shape index (κ1) is 32.6. The van der Waals surface area contributed by atoms with Crippen molar-refractivity contribution in [3.05, 3.63) is 44.6 Å². The molecule has 246 valence electrons. The maximum atomic E-state index is 14.1. The van der Waals surface area contributed by atoms with Gasteiger partial charge < -0.3 is 30.7 Å². The van der Waals surface area contributed by atoms with Gasteiger partial charge in [-0.15, -0.1) is 17.8 Å². The fourth-order valence-corrected chi connectivity index (χ4v) is 8.46. The van der Waals surface area contributed by atoms with E-state index in [2.05, 4.69) is 28.1 Å². The van der Waals surface area contributed by atoms with Crippen LogP contribution < -0.4 is 11.1 Å². The molecule has 1 aromatic heterocycles. The minimum Gasteiger partial charge on any atom is -0.397 e. The number of carbonyl (C=O) groups is 3. The third-order valence-electron chi connectivity index (χ3n) is 10.2. The van der Waals surface area contributed by atoms with Crippen molar-refractivity contribution in [1.29, 1.82) is 0 Å². The molecule has 0 spiro atoms. The van der Waals surface area contributed by atoms with Gasteiger partial charge in [-0.2, -0.15) is 0 Å². The zero-order chi connectivity index (χ0) is 32.4. The summed E-state index contributed by atoms with van der Waals surface area (Å²) >= 11 is 8.06. The highest BCUT2D eigenvalue weighted by atomic mass is 35.5. The Hall–Kier alpha value is -3.30. The van der Waals surface area contributed by atoms with E-state index in [4.69, 9.17) is 23.8 Å². The van der Waals surface area contributed by atoms with Gasteiger partial charge in [-0.1, -0.05) is 17.5 Å². The summed E-state index contributed by atoms with van der Waals surface area (Å²) in [4.78, 5) is 52.5. The highest BCUT2D eigenvalue weighted by molar-refractivity contribution is 7.10. The van der Waals surface area contributed by atoms with E-state index in [1.165, 1.54) is 0 Å². The van der Waals surface area contributed by atoms with Crippen LogP contribution in [0.3, 0.4) is 0 Å². The second-order valence-electron chi connectivity index (χ2n) is 13.1. The van der Waals surface area contributed by atoms with Crippen molar-refractivity contribution in [2.75, 3.05) is 70.5 Å². The number of amides is 4. The van der Waals surface area contributed by atoms with Gasteiger partial charge in [-0.05, 0) is 68.3 Å². The maximum absolute atomic E-state index is 14.1. The van der Waals surface area contributed by atoms with Crippen LogP contribution in [-0.4, -0.2) is 114 Å². The summed E-state index contributed by atoms with van der Waals surface area (Å²) < 4.78 is 0. The number of piperazine rings is 1. The van der Waals surface area contributed by atoms with Crippen LogP contribution in [0.5, 0.6) is 0 Å². The average Bonchev–Trinajstić information content (AvgIpc) is 3.53. The number of thiophene rings is 1. The van der Waals surface area contributed by atoms with Crippen molar-refractivity contribution >= 4 is 52.2 Å². The maximum Gasteiger partial charge on any atom is 0.322 e. The van der Waals surface area contributed by atoms with Crippen LogP contribution in [0.25, 0.3) is 0 Å². The topological polar surface area (TPSA) is 105 Å². The smallest absolute Gasteiger partial charge is 0.322 e. The van der Waals surface area contributed by atoms with Gasteiger partial charge in [0.05, 0.1) is 28.9 Å². The van der Waals surface area contributed by atoms with Crippen molar-refractivity contribution in [2.24, 2.45) is 5.92 Å². The molecule has 0 bridgehead atoms.